The van der Waals surface area contributed by atoms with E-state index in [1.54, 1.807) is 6.07 Å². The molecule has 0 aliphatic carbocycles. The smallest absolute Gasteiger partial charge is 0.260 e. The van der Waals surface area contributed by atoms with Crippen LogP contribution in [0, 0.1) is 0 Å². The number of aromatic nitrogens is 1. The normalized spacial score (nSPS) is 13.2. The van der Waals surface area contributed by atoms with Crippen LogP contribution in [0.25, 0.3) is 0 Å². The monoisotopic (exact) mass is 395 g/mol. The highest BCUT2D eigenvalue weighted by Gasteiger charge is 2.24. The Morgan fingerprint density at radius 3 is 2.86 bits per heavy atom. The van der Waals surface area contributed by atoms with Gasteiger partial charge in [0.05, 0.1) is 24.1 Å². The van der Waals surface area contributed by atoms with Crippen molar-refractivity contribution in [3.05, 3.63) is 70.6 Å². The number of nitrogens with zero attached hydrogens (tertiary/aromatic N) is 2. The summed E-state index contributed by atoms with van der Waals surface area (Å²) in [4.78, 5) is 32.2. The molecule has 0 saturated carbocycles. The van der Waals surface area contributed by atoms with Crippen molar-refractivity contribution >= 4 is 28.3 Å². The van der Waals surface area contributed by atoms with Gasteiger partial charge in [0, 0.05) is 24.3 Å². The lowest BCUT2D eigenvalue weighted by Gasteiger charge is -2.26. The number of amides is 2. The number of furan rings is 1. The molecule has 144 valence electrons. The molecule has 28 heavy (non-hydrogen) atoms. The molecule has 6 nitrogen and oxygen atoms in total. The quantitative estimate of drug-likeness (QED) is 0.687. The number of carbonyl (C=O) groups is 2. The van der Waals surface area contributed by atoms with E-state index in [1.807, 2.05) is 23.1 Å². The fourth-order valence-electron chi connectivity index (χ4n) is 3.27. The van der Waals surface area contributed by atoms with Crippen molar-refractivity contribution in [2.45, 2.75) is 32.2 Å². The summed E-state index contributed by atoms with van der Waals surface area (Å²) in [6, 6.07) is 11.8. The molecule has 2 aromatic heterocycles. The maximum absolute atomic E-state index is 12.6. The first-order chi connectivity index (χ1) is 13.7. The third-order valence-electron chi connectivity index (χ3n) is 4.79. The molecular weight excluding hydrogens is 374 g/mol. The number of benzene rings is 1. The maximum Gasteiger partial charge on any atom is 0.260 e. The van der Waals surface area contributed by atoms with Crippen LogP contribution >= 0.6 is 11.3 Å². The van der Waals surface area contributed by atoms with Gasteiger partial charge in [-0.3, -0.25) is 14.9 Å². The third-order valence-corrected chi connectivity index (χ3v) is 5.78. The molecule has 0 saturated heterocycles. The van der Waals surface area contributed by atoms with Crippen molar-refractivity contribution in [2.75, 3.05) is 11.9 Å². The lowest BCUT2D eigenvalue weighted by Crippen LogP contribution is -2.35. The highest BCUT2D eigenvalue weighted by molar-refractivity contribution is 7.15. The van der Waals surface area contributed by atoms with Crippen molar-refractivity contribution < 1.29 is 14.0 Å². The van der Waals surface area contributed by atoms with Gasteiger partial charge >= 0.3 is 0 Å². The van der Waals surface area contributed by atoms with Gasteiger partial charge in [-0.05, 0) is 24.5 Å². The van der Waals surface area contributed by atoms with Gasteiger partial charge in [0.2, 0.25) is 5.91 Å². The van der Waals surface area contributed by atoms with Crippen LogP contribution in [-0.4, -0.2) is 28.2 Å². The summed E-state index contributed by atoms with van der Waals surface area (Å²) in [6.07, 6.45) is 5.89. The van der Waals surface area contributed by atoms with Crippen LogP contribution < -0.4 is 5.32 Å². The van der Waals surface area contributed by atoms with Gasteiger partial charge in [-0.2, -0.15) is 0 Å². The second-order valence-corrected chi connectivity index (χ2v) is 7.84. The zero-order chi connectivity index (χ0) is 19.3. The van der Waals surface area contributed by atoms with Gasteiger partial charge in [-0.15, -0.1) is 0 Å². The molecule has 0 fully saturated rings. The third kappa shape index (κ3) is 4.31. The van der Waals surface area contributed by atoms with E-state index in [4.69, 9.17) is 4.42 Å². The SMILES string of the molecule is O=C(Nc1nc2c(s1)CN(C(=O)CCCc1ccccc1)CC2)c1ccoc1. The van der Waals surface area contributed by atoms with Crippen molar-refractivity contribution in [3.63, 3.8) is 0 Å². The van der Waals surface area contributed by atoms with Gasteiger partial charge in [-0.1, -0.05) is 41.7 Å². The molecule has 3 aromatic rings. The number of carbonyl (C=O) groups excluding carboxylic acids is 2. The lowest BCUT2D eigenvalue weighted by atomic mass is 10.1. The molecule has 1 N–H and O–H groups in total. The summed E-state index contributed by atoms with van der Waals surface area (Å²) in [5, 5.41) is 3.37. The lowest BCUT2D eigenvalue weighted by molar-refractivity contribution is -0.132. The summed E-state index contributed by atoms with van der Waals surface area (Å²) in [7, 11) is 0. The molecule has 0 spiro atoms. The molecule has 0 unspecified atom stereocenters. The van der Waals surface area contributed by atoms with E-state index in [0.717, 1.165) is 29.8 Å². The number of aryl methyl sites for hydroxylation is 1. The minimum atomic E-state index is -0.242. The van der Waals surface area contributed by atoms with E-state index >= 15 is 0 Å². The Morgan fingerprint density at radius 2 is 2.07 bits per heavy atom. The van der Waals surface area contributed by atoms with Crippen LogP contribution in [0.4, 0.5) is 5.13 Å². The van der Waals surface area contributed by atoms with E-state index in [1.165, 1.54) is 29.4 Å². The zero-order valence-corrected chi connectivity index (χ0v) is 16.2. The Labute approximate surface area is 167 Å². The molecular formula is C21H21N3O3S. The van der Waals surface area contributed by atoms with E-state index in [2.05, 4.69) is 22.4 Å². The van der Waals surface area contributed by atoms with Gasteiger partial charge in [0.1, 0.15) is 6.26 Å². The summed E-state index contributed by atoms with van der Waals surface area (Å²) in [5.41, 5.74) is 2.70. The molecule has 0 atom stereocenters. The summed E-state index contributed by atoms with van der Waals surface area (Å²) >= 11 is 1.44. The summed E-state index contributed by atoms with van der Waals surface area (Å²) in [5.74, 6) is -0.0624. The maximum atomic E-state index is 12.6. The average molecular weight is 395 g/mol. The highest BCUT2D eigenvalue weighted by atomic mass is 32.1. The number of hydrogen-bond donors (Lipinski definition) is 1. The van der Waals surface area contributed by atoms with Crippen molar-refractivity contribution in [2.24, 2.45) is 0 Å². The van der Waals surface area contributed by atoms with Crippen molar-refractivity contribution in [1.82, 2.24) is 9.88 Å². The molecule has 3 heterocycles. The van der Waals surface area contributed by atoms with E-state index in [9.17, 15) is 9.59 Å². The molecule has 7 heteroatoms. The van der Waals surface area contributed by atoms with E-state index in [0.29, 0.717) is 30.2 Å². The van der Waals surface area contributed by atoms with E-state index < -0.39 is 0 Å². The summed E-state index contributed by atoms with van der Waals surface area (Å²) in [6.45, 7) is 1.24. The second-order valence-electron chi connectivity index (χ2n) is 6.76. The van der Waals surface area contributed by atoms with Gasteiger partial charge < -0.3 is 9.32 Å². The predicted octanol–water partition coefficient (Wildman–Crippen LogP) is 3.90. The molecule has 1 aliphatic heterocycles. The number of nitrogens with one attached hydrogen (secondary N) is 1. The van der Waals surface area contributed by atoms with Crippen molar-refractivity contribution in [3.8, 4) is 0 Å². The number of rotatable bonds is 6. The number of hydrogen-bond acceptors (Lipinski definition) is 5. The predicted molar refractivity (Wildman–Crippen MR) is 107 cm³/mol. The van der Waals surface area contributed by atoms with Crippen LogP contribution in [0.2, 0.25) is 0 Å². The van der Waals surface area contributed by atoms with E-state index in [-0.39, 0.29) is 11.8 Å². The molecule has 4 rings (SSSR count). The number of fused-ring (bicyclic) bond motifs is 1. The topological polar surface area (TPSA) is 75.4 Å². The minimum absolute atomic E-state index is 0.180. The van der Waals surface area contributed by atoms with Crippen molar-refractivity contribution in [1.29, 1.82) is 0 Å². The Morgan fingerprint density at radius 1 is 1.21 bits per heavy atom. The first-order valence-electron chi connectivity index (χ1n) is 9.33. The van der Waals surface area contributed by atoms with Gasteiger partial charge in [0.15, 0.2) is 5.13 Å². The fraction of sp³-hybridized carbons (Fsp3) is 0.286. The van der Waals surface area contributed by atoms with Crippen LogP contribution in [-0.2, 0) is 24.2 Å². The number of anilines is 1. The average Bonchev–Trinajstić information content (AvgIpc) is 3.37. The largest absolute Gasteiger partial charge is 0.472 e. The standard InChI is InChI=1S/C21H21N3O3S/c25-19(8-4-7-15-5-2-1-3-6-15)24-11-9-17-18(13-24)28-21(22-17)23-20(26)16-10-12-27-14-16/h1-3,5-6,10,12,14H,4,7-9,11,13H2,(H,22,23,26). The molecule has 1 aromatic carbocycles. The Bertz CT molecular complexity index is 951. The number of thiazole rings is 1. The van der Waals surface area contributed by atoms with Gasteiger partial charge in [-0.25, -0.2) is 4.98 Å². The Kier molecular flexibility index (Phi) is 5.53. The summed E-state index contributed by atoms with van der Waals surface area (Å²) < 4.78 is 4.93. The first-order valence-corrected chi connectivity index (χ1v) is 10.1. The molecule has 0 bridgehead atoms. The highest BCUT2D eigenvalue weighted by Crippen LogP contribution is 2.29. The zero-order valence-electron chi connectivity index (χ0n) is 15.4. The van der Waals surface area contributed by atoms with Crippen LogP contribution in [0.15, 0.2) is 53.3 Å². The molecule has 1 aliphatic rings. The van der Waals surface area contributed by atoms with Crippen LogP contribution in [0.3, 0.4) is 0 Å². The van der Waals surface area contributed by atoms with Crippen LogP contribution in [0.5, 0.6) is 0 Å². The minimum Gasteiger partial charge on any atom is -0.472 e. The second kappa shape index (κ2) is 8.39. The molecule has 2 amide bonds. The fourth-order valence-corrected chi connectivity index (χ4v) is 4.29. The Hall–Kier alpha value is -2.93. The molecule has 0 radical (unpaired) electrons. The van der Waals surface area contributed by atoms with Gasteiger partial charge in [0.25, 0.3) is 5.91 Å². The first kappa shape index (κ1) is 18.4. The van der Waals surface area contributed by atoms with Crippen LogP contribution in [0.1, 0.15) is 39.3 Å². The Balaban J connectivity index is 1.31.